The highest BCUT2D eigenvalue weighted by atomic mass is 28.3. The van der Waals surface area contributed by atoms with E-state index in [0.717, 1.165) is 22.1 Å². The summed E-state index contributed by atoms with van der Waals surface area (Å²) in [6.45, 7) is 11.4. The van der Waals surface area contributed by atoms with E-state index < -0.39 is 26.7 Å². The number of aromatic nitrogens is 4. The Morgan fingerprint density at radius 3 is 2.57 bits per heavy atom. The topological polar surface area (TPSA) is 47.2 Å². The van der Waals surface area contributed by atoms with Gasteiger partial charge in [-0.15, -0.1) is 5.10 Å². The molecule has 5 nitrogen and oxygen atoms in total. The molecule has 0 saturated carbocycles. The van der Waals surface area contributed by atoms with E-state index in [4.69, 9.17) is 11.3 Å². The Labute approximate surface area is 186 Å². The van der Waals surface area contributed by atoms with Gasteiger partial charge < -0.3 is 4.42 Å². The second-order valence-electron chi connectivity index (χ2n) is 10.1. The predicted octanol–water partition coefficient (Wildman–Crippen LogP) is 4.72. The molecule has 0 spiro atoms. The standard InChI is InChI=1S/C24H33N4OSi/c1-15-10-11-18-21(29-22-25-26-23(28(18)22)30(7,8)9)20(15)19-12-17(13-24(3,4)5)16(2)14-27(19)6/h10-12,14H,13H2,1-9H3/q+1/i2D3,13D2. The van der Waals surface area contributed by atoms with Gasteiger partial charge in [-0.3, -0.25) is 0 Å². The van der Waals surface area contributed by atoms with E-state index in [2.05, 4.69) is 29.8 Å². The van der Waals surface area contributed by atoms with Gasteiger partial charge in [0, 0.05) is 18.5 Å². The van der Waals surface area contributed by atoms with Gasteiger partial charge in [-0.25, -0.2) is 8.97 Å². The summed E-state index contributed by atoms with van der Waals surface area (Å²) in [7, 11) is -0.0387. The lowest BCUT2D eigenvalue weighted by Crippen LogP contribution is -2.42. The Morgan fingerprint density at radius 1 is 1.20 bits per heavy atom. The summed E-state index contributed by atoms with van der Waals surface area (Å²) in [5.74, 6) is 0.413. The number of hydrogen-bond donors (Lipinski definition) is 0. The maximum atomic E-state index is 8.91. The molecule has 0 bridgehead atoms. The Hall–Kier alpha value is -2.47. The number of aryl methyl sites for hydroxylation is 3. The minimum Gasteiger partial charge on any atom is -0.421 e. The Balaban J connectivity index is 2.11. The van der Waals surface area contributed by atoms with Crippen molar-refractivity contribution in [2.75, 3.05) is 0 Å². The first-order valence-corrected chi connectivity index (χ1v) is 13.7. The molecule has 0 aliphatic carbocycles. The summed E-state index contributed by atoms with van der Waals surface area (Å²) in [4.78, 5) is 0. The molecule has 0 saturated heterocycles. The number of oxazole rings is 1. The van der Waals surface area contributed by atoms with E-state index in [-0.39, 0.29) is 11.1 Å². The van der Waals surface area contributed by atoms with Gasteiger partial charge in [0.05, 0.1) is 11.1 Å². The molecule has 0 unspecified atom stereocenters. The van der Waals surface area contributed by atoms with Gasteiger partial charge >= 0.3 is 5.84 Å². The monoisotopic (exact) mass is 426 g/mol. The Kier molecular flexibility index (Phi) is 3.46. The molecule has 158 valence electrons. The van der Waals surface area contributed by atoms with Crippen LogP contribution in [0.1, 0.15) is 44.3 Å². The number of nitrogens with zero attached hydrogens (tertiary/aromatic N) is 4. The smallest absolute Gasteiger partial charge is 0.327 e. The quantitative estimate of drug-likeness (QED) is 0.352. The van der Waals surface area contributed by atoms with Crippen molar-refractivity contribution in [1.82, 2.24) is 14.6 Å². The fraction of sp³-hybridized carbons (Fsp3) is 0.458. The molecule has 0 radical (unpaired) electrons. The molecule has 0 aliphatic rings. The van der Waals surface area contributed by atoms with Crippen LogP contribution in [0.3, 0.4) is 0 Å². The van der Waals surface area contributed by atoms with Crippen LogP contribution in [0.4, 0.5) is 0 Å². The molecular formula is C24H33N4OSi+. The zero-order valence-electron chi connectivity index (χ0n) is 24.0. The lowest BCUT2D eigenvalue weighted by Gasteiger charge is -2.19. The molecule has 1 aromatic carbocycles. The highest BCUT2D eigenvalue weighted by Crippen LogP contribution is 2.34. The van der Waals surface area contributed by atoms with Gasteiger partial charge in [-0.05, 0) is 42.8 Å². The Morgan fingerprint density at radius 2 is 1.93 bits per heavy atom. The molecule has 30 heavy (non-hydrogen) atoms. The van der Waals surface area contributed by atoms with Gasteiger partial charge in [0.1, 0.15) is 20.6 Å². The summed E-state index contributed by atoms with van der Waals surface area (Å²) < 4.78 is 52.1. The molecule has 0 aliphatic heterocycles. The first kappa shape index (κ1) is 15.3. The maximum Gasteiger partial charge on any atom is 0.327 e. The van der Waals surface area contributed by atoms with Crippen LogP contribution in [0.5, 0.6) is 0 Å². The van der Waals surface area contributed by atoms with Crippen LogP contribution in [0.2, 0.25) is 19.6 Å². The SMILES string of the molecule is [2H]C([2H])([2H])c1c[n+](C)c(-c2c(C)ccc3c2oc2nnc([Si](C)(C)C)n23)cc1C([2H])([2H])C(C)(C)C. The van der Waals surface area contributed by atoms with Crippen molar-refractivity contribution < 1.29 is 15.8 Å². The number of benzene rings is 1. The summed E-state index contributed by atoms with van der Waals surface area (Å²) in [5.41, 5.74) is 4.09. The zero-order chi connectivity index (χ0) is 26.3. The Bertz CT molecular complexity index is 1460. The minimum atomic E-state index is -2.46. The third kappa shape index (κ3) is 3.47. The van der Waals surface area contributed by atoms with Crippen molar-refractivity contribution in [3.05, 3.63) is 41.1 Å². The lowest BCUT2D eigenvalue weighted by atomic mass is 9.86. The summed E-state index contributed by atoms with van der Waals surface area (Å²) in [5, 5.41) is 8.68. The van der Waals surface area contributed by atoms with Crippen LogP contribution in [0.25, 0.3) is 28.2 Å². The maximum absolute atomic E-state index is 8.91. The first-order valence-electron chi connectivity index (χ1n) is 12.7. The van der Waals surface area contributed by atoms with Crippen molar-refractivity contribution >= 4 is 30.5 Å². The number of rotatable bonds is 3. The second kappa shape index (κ2) is 6.77. The van der Waals surface area contributed by atoms with Crippen LogP contribution >= 0.6 is 0 Å². The van der Waals surface area contributed by atoms with Gasteiger partial charge in [-0.2, -0.15) is 0 Å². The average molecular weight is 427 g/mol. The molecule has 0 N–H and O–H groups in total. The highest BCUT2D eigenvalue weighted by molar-refractivity contribution is 6.87. The normalized spacial score (nSPS) is 16.3. The summed E-state index contributed by atoms with van der Waals surface area (Å²) in [6.07, 6.45) is -0.364. The number of fused-ring (bicyclic) bond motifs is 3. The third-order valence-corrected chi connectivity index (χ3v) is 6.79. The van der Waals surface area contributed by atoms with Crippen LogP contribution in [0.15, 0.2) is 28.8 Å². The van der Waals surface area contributed by atoms with Gasteiger partial charge in [0.15, 0.2) is 11.8 Å². The fourth-order valence-corrected chi connectivity index (χ4v) is 5.04. The minimum absolute atomic E-state index is 0.00738. The van der Waals surface area contributed by atoms with Crippen LogP contribution in [-0.4, -0.2) is 22.7 Å². The third-order valence-electron chi connectivity index (χ3n) is 5.12. The van der Waals surface area contributed by atoms with Gasteiger partial charge in [0.2, 0.25) is 5.69 Å². The van der Waals surface area contributed by atoms with E-state index in [1.54, 1.807) is 38.5 Å². The van der Waals surface area contributed by atoms with Crippen LogP contribution in [0, 0.1) is 19.2 Å². The van der Waals surface area contributed by atoms with Gasteiger partial charge in [-0.1, -0.05) is 51.6 Å². The molecule has 4 rings (SSSR count). The molecular weight excluding hydrogens is 388 g/mol. The molecule has 6 heteroatoms. The van der Waals surface area contributed by atoms with E-state index in [9.17, 15) is 0 Å². The van der Waals surface area contributed by atoms with Crippen molar-refractivity contribution in [2.24, 2.45) is 12.5 Å². The molecule has 0 atom stereocenters. The summed E-state index contributed by atoms with van der Waals surface area (Å²) in [6, 6.07) is 5.66. The van der Waals surface area contributed by atoms with Crippen LogP contribution in [-0.2, 0) is 13.4 Å². The molecule has 4 aromatic rings. The molecule has 0 fully saturated rings. The fourth-order valence-electron chi connectivity index (χ4n) is 3.80. The largest absolute Gasteiger partial charge is 0.421 e. The highest BCUT2D eigenvalue weighted by Gasteiger charge is 2.29. The van der Waals surface area contributed by atoms with Gasteiger partial charge in [0.25, 0.3) is 0 Å². The van der Waals surface area contributed by atoms with Crippen LogP contribution < -0.4 is 10.0 Å². The summed E-state index contributed by atoms with van der Waals surface area (Å²) >= 11 is 0. The molecule has 0 amide bonds. The van der Waals surface area contributed by atoms with E-state index >= 15 is 0 Å². The van der Waals surface area contributed by atoms with E-state index in [1.165, 1.54) is 6.20 Å². The molecule has 3 aromatic heterocycles. The molecule has 3 heterocycles. The van der Waals surface area contributed by atoms with E-state index in [0.29, 0.717) is 17.1 Å². The van der Waals surface area contributed by atoms with Crippen molar-refractivity contribution in [3.8, 4) is 11.3 Å². The van der Waals surface area contributed by atoms with Crippen molar-refractivity contribution in [2.45, 2.75) is 60.6 Å². The predicted molar refractivity (Wildman–Crippen MR) is 125 cm³/mol. The second-order valence-corrected chi connectivity index (χ2v) is 15.0. The lowest BCUT2D eigenvalue weighted by molar-refractivity contribution is -0.660. The zero-order valence-corrected chi connectivity index (χ0v) is 20.0. The van der Waals surface area contributed by atoms with Crippen molar-refractivity contribution in [3.63, 3.8) is 0 Å². The first-order chi connectivity index (χ1) is 15.9. The van der Waals surface area contributed by atoms with E-state index in [1.807, 2.05) is 23.5 Å². The number of pyridine rings is 1. The number of hydrogen-bond acceptors (Lipinski definition) is 3. The average Bonchev–Trinajstić information content (AvgIpc) is 3.25. The van der Waals surface area contributed by atoms with Crippen molar-refractivity contribution in [1.29, 1.82) is 0 Å².